The Kier molecular flexibility index (Phi) is 4.14. The first-order chi connectivity index (χ1) is 11.1. The first kappa shape index (κ1) is 15.8. The number of piperidine rings is 1. The molecule has 1 N–H and O–H groups in total. The first-order valence-corrected chi connectivity index (χ1v) is 10.1. The van der Waals surface area contributed by atoms with Crippen LogP contribution in [0.5, 0.6) is 0 Å². The Morgan fingerprint density at radius 2 is 2.09 bits per heavy atom. The summed E-state index contributed by atoms with van der Waals surface area (Å²) in [6.45, 7) is 2.52. The molecule has 2 aliphatic heterocycles. The maximum Gasteiger partial charge on any atom is 0.282 e. The minimum absolute atomic E-state index is 0.188. The second-order valence-electron chi connectivity index (χ2n) is 6.80. The predicted molar refractivity (Wildman–Crippen MR) is 90.5 cm³/mol. The third-order valence-electron chi connectivity index (χ3n) is 5.38. The number of nitrogens with one attached hydrogen (secondary N) is 1. The van der Waals surface area contributed by atoms with E-state index in [1.807, 2.05) is 24.3 Å². The lowest BCUT2D eigenvalue weighted by molar-refractivity contribution is 0.233. The minimum Gasteiger partial charge on any atom is -0.313 e. The van der Waals surface area contributed by atoms with Gasteiger partial charge in [0, 0.05) is 37.2 Å². The zero-order valence-electron chi connectivity index (χ0n) is 13.0. The Morgan fingerprint density at radius 3 is 2.78 bits per heavy atom. The fraction of sp³-hybridized carbons (Fsp3) is 0.625. The van der Waals surface area contributed by atoms with Gasteiger partial charge < -0.3 is 5.32 Å². The van der Waals surface area contributed by atoms with Crippen LogP contribution in [-0.2, 0) is 10.2 Å². The molecule has 2 heterocycles. The van der Waals surface area contributed by atoms with Crippen molar-refractivity contribution in [3.05, 3.63) is 34.9 Å². The summed E-state index contributed by atoms with van der Waals surface area (Å²) in [7, 11) is -3.42. The highest BCUT2D eigenvalue weighted by Crippen LogP contribution is 2.41. The topological polar surface area (TPSA) is 52.7 Å². The molecule has 3 aliphatic rings. The molecule has 1 aromatic rings. The molecule has 126 valence electrons. The van der Waals surface area contributed by atoms with Gasteiger partial charge in [-0.2, -0.15) is 17.0 Å². The molecule has 5 nitrogen and oxygen atoms in total. The monoisotopic (exact) mass is 355 g/mol. The Morgan fingerprint density at radius 1 is 1.22 bits per heavy atom. The van der Waals surface area contributed by atoms with Crippen molar-refractivity contribution < 1.29 is 8.42 Å². The predicted octanol–water partition coefficient (Wildman–Crippen LogP) is 2.02. The van der Waals surface area contributed by atoms with E-state index in [1.165, 1.54) is 6.42 Å². The van der Waals surface area contributed by atoms with Gasteiger partial charge in [-0.15, -0.1) is 0 Å². The normalized spacial score (nSPS) is 32.5. The lowest BCUT2D eigenvalue weighted by Gasteiger charge is -2.39. The molecule has 7 heteroatoms. The molecule has 3 fully saturated rings. The van der Waals surface area contributed by atoms with Crippen LogP contribution in [0.4, 0.5) is 0 Å². The van der Waals surface area contributed by atoms with Gasteiger partial charge in [0.1, 0.15) is 0 Å². The number of halogens is 1. The molecule has 3 atom stereocenters. The van der Waals surface area contributed by atoms with Crippen LogP contribution in [0.15, 0.2) is 24.3 Å². The lowest BCUT2D eigenvalue weighted by atomic mass is 10.1. The summed E-state index contributed by atoms with van der Waals surface area (Å²) in [5.74, 6) is 0.558. The largest absolute Gasteiger partial charge is 0.313 e. The number of benzene rings is 1. The van der Waals surface area contributed by atoms with Crippen LogP contribution in [0.1, 0.15) is 30.9 Å². The molecular weight excluding hydrogens is 334 g/mol. The van der Waals surface area contributed by atoms with Crippen molar-refractivity contribution in [2.45, 2.75) is 31.3 Å². The average molecular weight is 356 g/mol. The Hall–Kier alpha value is -0.660. The SMILES string of the molecule is O=S(=O)(N1CC2CCC1C2)N1CCNCC1c1cccc(Cl)c1. The zero-order valence-corrected chi connectivity index (χ0v) is 14.6. The fourth-order valence-corrected chi connectivity index (χ4v) is 6.53. The maximum atomic E-state index is 13.2. The van der Waals surface area contributed by atoms with Gasteiger partial charge in [0.05, 0.1) is 6.04 Å². The Labute approximate surface area is 142 Å². The lowest BCUT2D eigenvalue weighted by Crippen LogP contribution is -2.54. The molecule has 3 unspecified atom stereocenters. The van der Waals surface area contributed by atoms with E-state index < -0.39 is 10.2 Å². The van der Waals surface area contributed by atoms with E-state index in [0.29, 0.717) is 37.1 Å². The van der Waals surface area contributed by atoms with Crippen LogP contribution in [-0.4, -0.2) is 49.2 Å². The Balaban J connectivity index is 1.65. The van der Waals surface area contributed by atoms with Crippen molar-refractivity contribution in [3.63, 3.8) is 0 Å². The minimum atomic E-state index is -3.42. The van der Waals surface area contributed by atoms with E-state index in [-0.39, 0.29) is 12.1 Å². The van der Waals surface area contributed by atoms with Crippen LogP contribution in [0.2, 0.25) is 5.02 Å². The molecule has 2 saturated heterocycles. The molecule has 0 aromatic heterocycles. The van der Waals surface area contributed by atoms with E-state index in [2.05, 4.69) is 5.32 Å². The quantitative estimate of drug-likeness (QED) is 0.902. The molecule has 1 aromatic carbocycles. The van der Waals surface area contributed by atoms with Crippen molar-refractivity contribution >= 4 is 21.8 Å². The van der Waals surface area contributed by atoms with E-state index in [1.54, 1.807) is 8.61 Å². The summed E-state index contributed by atoms with van der Waals surface area (Å²) in [5, 5.41) is 3.96. The molecule has 1 saturated carbocycles. The second-order valence-corrected chi connectivity index (χ2v) is 9.07. The van der Waals surface area contributed by atoms with Crippen molar-refractivity contribution in [3.8, 4) is 0 Å². The van der Waals surface area contributed by atoms with E-state index in [9.17, 15) is 8.42 Å². The van der Waals surface area contributed by atoms with Gasteiger partial charge in [0.2, 0.25) is 0 Å². The molecule has 23 heavy (non-hydrogen) atoms. The maximum absolute atomic E-state index is 13.2. The number of rotatable bonds is 3. The molecule has 0 spiro atoms. The van der Waals surface area contributed by atoms with Crippen LogP contribution in [0, 0.1) is 5.92 Å². The number of hydrogen-bond donors (Lipinski definition) is 1. The third-order valence-corrected chi connectivity index (χ3v) is 7.68. The third kappa shape index (κ3) is 2.81. The Bertz CT molecular complexity index is 696. The highest BCUT2D eigenvalue weighted by Gasteiger charge is 2.47. The van der Waals surface area contributed by atoms with Crippen molar-refractivity contribution in [1.82, 2.24) is 13.9 Å². The average Bonchev–Trinajstić information content (AvgIpc) is 3.18. The fourth-order valence-electron chi connectivity index (χ4n) is 4.26. The van der Waals surface area contributed by atoms with Crippen molar-refractivity contribution in [2.24, 2.45) is 5.92 Å². The van der Waals surface area contributed by atoms with Gasteiger partial charge in [0.25, 0.3) is 10.2 Å². The summed E-state index contributed by atoms with van der Waals surface area (Å²) in [6.07, 6.45) is 3.22. The summed E-state index contributed by atoms with van der Waals surface area (Å²) in [6, 6.07) is 7.56. The van der Waals surface area contributed by atoms with Crippen LogP contribution in [0.3, 0.4) is 0 Å². The van der Waals surface area contributed by atoms with Gasteiger partial charge >= 0.3 is 0 Å². The van der Waals surface area contributed by atoms with Gasteiger partial charge in [0.15, 0.2) is 0 Å². The summed E-state index contributed by atoms with van der Waals surface area (Å²) in [5.41, 5.74) is 0.956. The summed E-state index contributed by atoms with van der Waals surface area (Å²) in [4.78, 5) is 0. The summed E-state index contributed by atoms with van der Waals surface area (Å²) >= 11 is 6.11. The first-order valence-electron chi connectivity index (χ1n) is 8.30. The molecule has 0 amide bonds. The van der Waals surface area contributed by atoms with E-state index in [0.717, 1.165) is 18.4 Å². The highest BCUT2D eigenvalue weighted by atomic mass is 35.5. The smallest absolute Gasteiger partial charge is 0.282 e. The van der Waals surface area contributed by atoms with Gasteiger partial charge in [-0.25, -0.2) is 0 Å². The van der Waals surface area contributed by atoms with E-state index >= 15 is 0 Å². The number of hydrogen-bond acceptors (Lipinski definition) is 3. The molecule has 2 bridgehead atoms. The van der Waals surface area contributed by atoms with Gasteiger partial charge in [-0.05, 0) is 42.9 Å². The number of nitrogens with zero attached hydrogens (tertiary/aromatic N) is 2. The molecule has 1 aliphatic carbocycles. The number of fused-ring (bicyclic) bond motifs is 2. The molecular formula is C16H22ClN3O2S. The van der Waals surface area contributed by atoms with Gasteiger partial charge in [-0.1, -0.05) is 23.7 Å². The van der Waals surface area contributed by atoms with E-state index in [4.69, 9.17) is 11.6 Å². The molecule has 4 rings (SSSR count). The summed E-state index contributed by atoms with van der Waals surface area (Å²) < 4.78 is 29.9. The van der Waals surface area contributed by atoms with Crippen LogP contribution >= 0.6 is 11.6 Å². The molecule has 0 radical (unpaired) electrons. The second kappa shape index (κ2) is 6.01. The zero-order chi connectivity index (χ0) is 16.0. The van der Waals surface area contributed by atoms with Crippen LogP contribution < -0.4 is 5.32 Å². The highest BCUT2D eigenvalue weighted by molar-refractivity contribution is 7.86. The van der Waals surface area contributed by atoms with Crippen molar-refractivity contribution in [2.75, 3.05) is 26.2 Å². The standard InChI is InChI=1S/C16H22ClN3O2S/c17-14-3-1-2-13(9-14)16-10-18-6-7-19(16)23(21,22)20-11-12-4-5-15(20)8-12/h1-3,9,12,15-16,18H,4-8,10-11H2. The van der Waals surface area contributed by atoms with Gasteiger partial charge in [-0.3, -0.25) is 0 Å². The number of piperazine rings is 1. The van der Waals surface area contributed by atoms with Crippen molar-refractivity contribution in [1.29, 1.82) is 0 Å². The van der Waals surface area contributed by atoms with Crippen LogP contribution in [0.25, 0.3) is 0 Å².